The van der Waals surface area contributed by atoms with Gasteiger partial charge in [0.05, 0.1) is 12.0 Å². The van der Waals surface area contributed by atoms with Gasteiger partial charge in [0.1, 0.15) is 0 Å². The maximum Gasteiger partial charge on any atom is 0.307 e. The highest BCUT2D eigenvalue weighted by Crippen LogP contribution is 2.17. The van der Waals surface area contributed by atoms with Gasteiger partial charge >= 0.3 is 5.97 Å². The lowest BCUT2D eigenvalue weighted by Crippen LogP contribution is -2.46. The molecule has 21 heavy (non-hydrogen) atoms. The summed E-state index contributed by atoms with van der Waals surface area (Å²) in [4.78, 5) is 25.1. The SMILES string of the molecule is CC(CN1CCCC(CNC(=O)C2CCCN2)C1)C(=O)O. The molecule has 1 amide bonds. The van der Waals surface area contributed by atoms with Crippen molar-refractivity contribution in [2.45, 2.75) is 38.6 Å². The summed E-state index contributed by atoms with van der Waals surface area (Å²) >= 11 is 0. The first-order chi connectivity index (χ1) is 10.1. The van der Waals surface area contributed by atoms with Crippen LogP contribution in [-0.2, 0) is 9.59 Å². The van der Waals surface area contributed by atoms with E-state index in [4.69, 9.17) is 5.11 Å². The predicted octanol–water partition coefficient (Wildman–Crippen LogP) is 0.287. The van der Waals surface area contributed by atoms with E-state index in [0.29, 0.717) is 19.0 Å². The van der Waals surface area contributed by atoms with Crippen LogP contribution in [0.2, 0.25) is 0 Å². The number of carboxylic acid groups (broad SMARTS) is 1. The van der Waals surface area contributed by atoms with E-state index in [1.807, 2.05) is 0 Å². The zero-order valence-corrected chi connectivity index (χ0v) is 12.8. The van der Waals surface area contributed by atoms with Crippen molar-refractivity contribution in [1.82, 2.24) is 15.5 Å². The van der Waals surface area contributed by atoms with Crippen molar-refractivity contribution in [3.05, 3.63) is 0 Å². The first-order valence-electron chi connectivity index (χ1n) is 8.02. The van der Waals surface area contributed by atoms with E-state index in [-0.39, 0.29) is 17.9 Å². The van der Waals surface area contributed by atoms with Crippen LogP contribution in [0, 0.1) is 11.8 Å². The molecule has 2 heterocycles. The van der Waals surface area contributed by atoms with Gasteiger partial charge in [0.25, 0.3) is 0 Å². The molecule has 0 aliphatic carbocycles. The van der Waals surface area contributed by atoms with Crippen LogP contribution in [0.1, 0.15) is 32.6 Å². The Labute approximate surface area is 126 Å². The molecule has 120 valence electrons. The Morgan fingerprint density at radius 3 is 2.86 bits per heavy atom. The molecule has 0 radical (unpaired) electrons. The number of carboxylic acids is 1. The highest BCUT2D eigenvalue weighted by atomic mass is 16.4. The molecule has 0 aromatic heterocycles. The lowest BCUT2D eigenvalue weighted by Gasteiger charge is -2.33. The second kappa shape index (κ2) is 7.75. The summed E-state index contributed by atoms with van der Waals surface area (Å²) in [5.74, 6) is -0.521. The molecule has 6 heteroatoms. The Kier molecular flexibility index (Phi) is 5.99. The standard InChI is InChI=1S/C15H27N3O3/c1-11(15(20)21)9-18-7-3-4-12(10-18)8-17-14(19)13-5-2-6-16-13/h11-13,16H,2-10H2,1H3,(H,17,19)(H,20,21). The van der Waals surface area contributed by atoms with Crippen LogP contribution in [0.15, 0.2) is 0 Å². The maximum atomic E-state index is 12.0. The number of nitrogens with zero attached hydrogens (tertiary/aromatic N) is 1. The van der Waals surface area contributed by atoms with E-state index in [1.165, 1.54) is 0 Å². The Morgan fingerprint density at radius 2 is 2.19 bits per heavy atom. The van der Waals surface area contributed by atoms with Crippen molar-refractivity contribution in [3.8, 4) is 0 Å². The Hall–Kier alpha value is -1.14. The molecule has 3 unspecified atom stereocenters. The molecule has 0 spiro atoms. The number of carbonyl (C=O) groups excluding carboxylic acids is 1. The van der Waals surface area contributed by atoms with E-state index in [9.17, 15) is 9.59 Å². The largest absolute Gasteiger partial charge is 0.481 e. The number of hydrogen-bond acceptors (Lipinski definition) is 4. The molecule has 6 nitrogen and oxygen atoms in total. The second-order valence-electron chi connectivity index (χ2n) is 6.40. The fourth-order valence-electron chi connectivity index (χ4n) is 3.23. The summed E-state index contributed by atoms with van der Waals surface area (Å²) in [6.45, 7) is 5.84. The summed E-state index contributed by atoms with van der Waals surface area (Å²) in [6, 6.07) is -0.0169. The highest BCUT2D eigenvalue weighted by molar-refractivity contribution is 5.81. The predicted molar refractivity (Wildman–Crippen MR) is 80.0 cm³/mol. The van der Waals surface area contributed by atoms with Crippen LogP contribution >= 0.6 is 0 Å². The third kappa shape index (κ3) is 4.97. The minimum absolute atomic E-state index is 0.0169. The number of amides is 1. The van der Waals surface area contributed by atoms with Crippen LogP contribution in [0.25, 0.3) is 0 Å². The molecule has 2 aliphatic heterocycles. The highest BCUT2D eigenvalue weighted by Gasteiger charge is 2.25. The smallest absolute Gasteiger partial charge is 0.307 e. The third-order valence-corrected chi connectivity index (χ3v) is 4.50. The number of likely N-dealkylation sites (tertiary alicyclic amines) is 1. The summed E-state index contributed by atoms with van der Waals surface area (Å²) in [5.41, 5.74) is 0. The molecule has 3 atom stereocenters. The van der Waals surface area contributed by atoms with Gasteiger partial charge in [-0.25, -0.2) is 0 Å². The molecule has 0 bridgehead atoms. The zero-order chi connectivity index (χ0) is 15.2. The summed E-state index contributed by atoms with van der Waals surface area (Å²) in [6.07, 6.45) is 4.19. The van der Waals surface area contributed by atoms with Gasteiger partial charge in [0.15, 0.2) is 0 Å². The zero-order valence-electron chi connectivity index (χ0n) is 12.8. The molecule has 2 saturated heterocycles. The molecule has 0 aromatic carbocycles. The van der Waals surface area contributed by atoms with Crippen molar-refractivity contribution < 1.29 is 14.7 Å². The van der Waals surface area contributed by atoms with Crippen LogP contribution in [0.4, 0.5) is 0 Å². The van der Waals surface area contributed by atoms with E-state index in [2.05, 4.69) is 15.5 Å². The van der Waals surface area contributed by atoms with Gasteiger partial charge in [0.2, 0.25) is 5.91 Å². The molecule has 0 saturated carbocycles. The first-order valence-corrected chi connectivity index (χ1v) is 8.02. The molecule has 2 aliphatic rings. The normalized spacial score (nSPS) is 28.2. The van der Waals surface area contributed by atoms with Crippen molar-refractivity contribution in [2.24, 2.45) is 11.8 Å². The minimum Gasteiger partial charge on any atom is -0.481 e. The molecular formula is C15H27N3O3. The van der Waals surface area contributed by atoms with Crippen LogP contribution in [-0.4, -0.2) is 60.6 Å². The van der Waals surface area contributed by atoms with Gasteiger partial charge in [-0.05, 0) is 44.7 Å². The summed E-state index contributed by atoms with van der Waals surface area (Å²) in [7, 11) is 0. The molecule has 2 rings (SSSR count). The van der Waals surface area contributed by atoms with Crippen LogP contribution in [0.5, 0.6) is 0 Å². The van der Waals surface area contributed by atoms with Crippen molar-refractivity contribution >= 4 is 11.9 Å². The minimum atomic E-state index is -0.738. The summed E-state index contributed by atoms with van der Waals surface area (Å²) < 4.78 is 0. The van der Waals surface area contributed by atoms with Crippen molar-refractivity contribution in [1.29, 1.82) is 0 Å². The Balaban J connectivity index is 1.71. The number of rotatable bonds is 6. The number of carbonyl (C=O) groups is 2. The van der Waals surface area contributed by atoms with Gasteiger partial charge in [-0.1, -0.05) is 6.92 Å². The van der Waals surface area contributed by atoms with E-state index < -0.39 is 5.97 Å². The van der Waals surface area contributed by atoms with Gasteiger partial charge in [-0.3, -0.25) is 9.59 Å². The van der Waals surface area contributed by atoms with Crippen LogP contribution < -0.4 is 10.6 Å². The van der Waals surface area contributed by atoms with Gasteiger partial charge < -0.3 is 20.6 Å². The van der Waals surface area contributed by atoms with Gasteiger partial charge in [0, 0.05) is 19.6 Å². The van der Waals surface area contributed by atoms with Crippen molar-refractivity contribution in [3.63, 3.8) is 0 Å². The molecule has 0 aromatic rings. The van der Waals surface area contributed by atoms with E-state index in [0.717, 1.165) is 45.3 Å². The number of piperidine rings is 1. The molecule has 3 N–H and O–H groups in total. The average molecular weight is 297 g/mol. The van der Waals surface area contributed by atoms with Gasteiger partial charge in [-0.15, -0.1) is 0 Å². The second-order valence-corrected chi connectivity index (χ2v) is 6.40. The third-order valence-electron chi connectivity index (χ3n) is 4.50. The quantitative estimate of drug-likeness (QED) is 0.656. The Morgan fingerprint density at radius 1 is 1.38 bits per heavy atom. The Bertz CT molecular complexity index is 369. The van der Waals surface area contributed by atoms with Crippen molar-refractivity contribution in [2.75, 3.05) is 32.7 Å². The first kappa shape index (κ1) is 16.2. The fraction of sp³-hybridized carbons (Fsp3) is 0.867. The van der Waals surface area contributed by atoms with E-state index >= 15 is 0 Å². The number of nitrogens with one attached hydrogen (secondary N) is 2. The molecule has 2 fully saturated rings. The van der Waals surface area contributed by atoms with Gasteiger partial charge in [-0.2, -0.15) is 0 Å². The monoisotopic (exact) mass is 297 g/mol. The average Bonchev–Trinajstić information content (AvgIpc) is 2.99. The lowest BCUT2D eigenvalue weighted by molar-refractivity contribution is -0.141. The number of hydrogen-bond donors (Lipinski definition) is 3. The fourth-order valence-corrected chi connectivity index (χ4v) is 3.23. The number of aliphatic carboxylic acids is 1. The topological polar surface area (TPSA) is 81.7 Å². The summed E-state index contributed by atoms with van der Waals surface area (Å²) in [5, 5.41) is 15.2. The lowest BCUT2D eigenvalue weighted by atomic mass is 9.97. The van der Waals surface area contributed by atoms with E-state index in [1.54, 1.807) is 6.92 Å². The maximum absolute atomic E-state index is 12.0. The van der Waals surface area contributed by atoms with Crippen LogP contribution in [0.3, 0.4) is 0 Å². The molecular weight excluding hydrogens is 270 g/mol.